The number of hydrogen-bond donors (Lipinski definition) is 0. The van der Waals surface area contributed by atoms with Crippen molar-refractivity contribution in [2.24, 2.45) is 0 Å². The van der Waals surface area contributed by atoms with Crippen LogP contribution in [0.2, 0.25) is 18.8 Å². The molecule has 0 spiro atoms. The van der Waals surface area contributed by atoms with Crippen LogP contribution < -0.4 is 0 Å². The molecule has 0 aromatic carbocycles. The van der Waals surface area contributed by atoms with Gasteiger partial charge in [-0.15, -0.1) is 11.1 Å². The highest BCUT2D eigenvalue weighted by Crippen LogP contribution is 2.24. The van der Waals surface area contributed by atoms with E-state index in [1.165, 1.54) is 0 Å². The van der Waals surface area contributed by atoms with Crippen LogP contribution in [0.5, 0.6) is 0 Å². The molecule has 0 fully saturated rings. The Morgan fingerprint density at radius 1 is 1.00 bits per heavy atom. The van der Waals surface area contributed by atoms with Crippen molar-refractivity contribution in [3.63, 3.8) is 0 Å². The van der Waals surface area contributed by atoms with Crippen LogP contribution >= 0.6 is 11.1 Å². The molecule has 74 valence electrons. The zero-order valence-corrected chi connectivity index (χ0v) is 11.1. The molecule has 12 heavy (non-hydrogen) atoms. The molecule has 0 heterocycles. The predicted octanol–water partition coefficient (Wildman–Crippen LogP) is 1.85. The zero-order valence-electron chi connectivity index (χ0n) is 8.31. The highest BCUT2D eigenvalue weighted by atomic mass is 35.6. The van der Waals surface area contributed by atoms with Gasteiger partial charge in [0, 0.05) is 27.0 Å². The molecule has 0 radical (unpaired) electrons. The molecule has 0 bridgehead atoms. The molecule has 0 amide bonds. The first-order valence-corrected chi connectivity index (χ1v) is 9.88. The van der Waals surface area contributed by atoms with Gasteiger partial charge in [0.05, 0.1) is 0 Å². The molecule has 1 unspecified atom stereocenters. The summed E-state index contributed by atoms with van der Waals surface area (Å²) < 4.78 is 15.8. The van der Waals surface area contributed by atoms with Gasteiger partial charge in [-0.05, 0) is 13.1 Å². The van der Waals surface area contributed by atoms with Gasteiger partial charge in [0.2, 0.25) is 0 Å². The molecule has 0 aliphatic heterocycles. The number of rotatable bonds is 5. The van der Waals surface area contributed by atoms with Crippen molar-refractivity contribution >= 4 is 27.3 Å². The average molecular weight is 229 g/mol. The van der Waals surface area contributed by atoms with Crippen LogP contribution in [-0.2, 0) is 13.3 Å². The van der Waals surface area contributed by atoms with Crippen LogP contribution in [-0.4, -0.2) is 37.5 Å². The quantitative estimate of drug-likeness (QED) is 0.531. The molecule has 6 heteroatoms. The standard InChI is InChI=1S/C6H17ClO3Si2/c1-8-11(4,7)6-12(5,9-2)10-3/h6H2,1-5H3. The van der Waals surface area contributed by atoms with E-state index >= 15 is 0 Å². The second-order valence-electron chi connectivity index (χ2n) is 3.02. The van der Waals surface area contributed by atoms with Gasteiger partial charge in [-0.2, -0.15) is 0 Å². The van der Waals surface area contributed by atoms with Crippen LogP contribution in [0.4, 0.5) is 0 Å². The Hall–Kier alpha value is 0.604. The van der Waals surface area contributed by atoms with E-state index in [2.05, 4.69) is 0 Å². The first-order chi connectivity index (χ1) is 5.39. The monoisotopic (exact) mass is 228 g/mol. The fourth-order valence-electron chi connectivity index (χ4n) is 0.873. The summed E-state index contributed by atoms with van der Waals surface area (Å²) in [6.45, 7) is 3.93. The molecule has 0 aromatic heterocycles. The van der Waals surface area contributed by atoms with Gasteiger partial charge in [0.25, 0.3) is 7.63 Å². The van der Waals surface area contributed by atoms with Crippen LogP contribution in [0.1, 0.15) is 0 Å². The molecule has 1 atom stereocenters. The highest BCUT2D eigenvalue weighted by Gasteiger charge is 2.40. The van der Waals surface area contributed by atoms with E-state index in [4.69, 9.17) is 24.4 Å². The topological polar surface area (TPSA) is 27.7 Å². The lowest BCUT2D eigenvalue weighted by Crippen LogP contribution is -2.45. The smallest absolute Gasteiger partial charge is 0.335 e. The molecular weight excluding hydrogens is 212 g/mol. The number of hydrogen-bond acceptors (Lipinski definition) is 3. The molecular formula is C6H17ClO3Si2. The second-order valence-corrected chi connectivity index (χ2v) is 12.5. The van der Waals surface area contributed by atoms with Gasteiger partial charge in [-0.3, -0.25) is 0 Å². The summed E-state index contributed by atoms with van der Waals surface area (Å²) in [6, 6.07) is 0. The zero-order chi connectivity index (χ0) is 9.83. The fourth-order valence-corrected chi connectivity index (χ4v) is 9.55. The lowest BCUT2D eigenvalue weighted by atomic mass is 11.8. The Labute approximate surface area is 81.0 Å². The SMILES string of the molecule is CO[Si](C)(Cl)C[Si](C)(OC)OC. The minimum absolute atomic E-state index is 0.741. The molecule has 0 N–H and O–H groups in total. The summed E-state index contributed by atoms with van der Waals surface area (Å²) in [5.41, 5.74) is 0.741. The summed E-state index contributed by atoms with van der Waals surface area (Å²) in [4.78, 5) is 0. The fraction of sp³-hybridized carbons (Fsp3) is 1.00. The lowest BCUT2D eigenvalue weighted by Gasteiger charge is -2.28. The van der Waals surface area contributed by atoms with E-state index in [0.717, 1.165) is 5.67 Å². The minimum Gasteiger partial charge on any atom is -0.407 e. The highest BCUT2D eigenvalue weighted by molar-refractivity contribution is 7.19. The summed E-state index contributed by atoms with van der Waals surface area (Å²) in [5, 5.41) is 0. The molecule has 0 aliphatic carbocycles. The van der Waals surface area contributed by atoms with Crippen molar-refractivity contribution in [2.75, 3.05) is 21.3 Å². The van der Waals surface area contributed by atoms with Crippen molar-refractivity contribution in [3.05, 3.63) is 0 Å². The Morgan fingerprint density at radius 3 is 1.67 bits per heavy atom. The molecule has 0 aromatic rings. The maximum absolute atomic E-state index is 6.15. The third-order valence-corrected chi connectivity index (χ3v) is 11.3. The van der Waals surface area contributed by atoms with Crippen molar-refractivity contribution < 1.29 is 13.3 Å². The van der Waals surface area contributed by atoms with Crippen LogP contribution in [0, 0.1) is 0 Å². The van der Waals surface area contributed by atoms with E-state index < -0.39 is 16.2 Å². The maximum atomic E-state index is 6.15. The lowest BCUT2D eigenvalue weighted by molar-refractivity contribution is 0.252. The third-order valence-electron chi connectivity index (χ3n) is 1.93. The van der Waals surface area contributed by atoms with E-state index in [-0.39, 0.29) is 0 Å². The van der Waals surface area contributed by atoms with E-state index in [1.54, 1.807) is 21.3 Å². The van der Waals surface area contributed by atoms with Gasteiger partial charge in [-0.1, -0.05) is 0 Å². The summed E-state index contributed by atoms with van der Waals surface area (Å²) in [5.74, 6) is 0. The Balaban J connectivity index is 4.20. The molecule has 3 nitrogen and oxygen atoms in total. The van der Waals surface area contributed by atoms with Gasteiger partial charge in [0.15, 0.2) is 0 Å². The van der Waals surface area contributed by atoms with Gasteiger partial charge >= 0.3 is 8.56 Å². The molecule has 0 rings (SSSR count). The van der Waals surface area contributed by atoms with Gasteiger partial charge in [-0.25, -0.2) is 0 Å². The van der Waals surface area contributed by atoms with E-state index in [9.17, 15) is 0 Å². The molecule has 0 saturated carbocycles. The van der Waals surface area contributed by atoms with Crippen molar-refractivity contribution in [1.82, 2.24) is 0 Å². The van der Waals surface area contributed by atoms with Crippen molar-refractivity contribution in [2.45, 2.75) is 18.8 Å². The Morgan fingerprint density at radius 2 is 1.42 bits per heavy atom. The first kappa shape index (κ1) is 12.6. The Bertz CT molecular complexity index is 139. The van der Waals surface area contributed by atoms with Crippen molar-refractivity contribution in [3.8, 4) is 0 Å². The first-order valence-electron chi connectivity index (χ1n) is 3.73. The Kier molecular flexibility index (Phi) is 4.97. The average Bonchev–Trinajstić information content (AvgIpc) is 2.04. The predicted molar refractivity (Wildman–Crippen MR) is 54.9 cm³/mol. The van der Waals surface area contributed by atoms with Crippen LogP contribution in [0.25, 0.3) is 0 Å². The molecule has 0 aliphatic rings. The summed E-state index contributed by atoms with van der Waals surface area (Å²) in [7, 11) is 0.838. The van der Waals surface area contributed by atoms with Gasteiger partial charge < -0.3 is 13.3 Å². The van der Waals surface area contributed by atoms with Crippen molar-refractivity contribution in [1.29, 1.82) is 0 Å². The normalized spacial score (nSPS) is 17.5. The maximum Gasteiger partial charge on any atom is 0.335 e. The largest absolute Gasteiger partial charge is 0.407 e. The summed E-state index contributed by atoms with van der Waals surface area (Å²) >= 11 is 6.15. The second kappa shape index (κ2) is 4.73. The van der Waals surface area contributed by atoms with Crippen LogP contribution in [0.3, 0.4) is 0 Å². The van der Waals surface area contributed by atoms with E-state index in [0.29, 0.717) is 0 Å². The summed E-state index contributed by atoms with van der Waals surface area (Å²) in [6.07, 6.45) is 0. The van der Waals surface area contributed by atoms with E-state index in [1.807, 2.05) is 13.1 Å². The van der Waals surface area contributed by atoms with Gasteiger partial charge in [0.1, 0.15) is 0 Å². The number of halogens is 1. The molecule has 0 saturated heterocycles. The third kappa shape index (κ3) is 4.02. The van der Waals surface area contributed by atoms with Crippen LogP contribution in [0.15, 0.2) is 0 Å². The minimum atomic E-state index is -2.07.